The van der Waals surface area contributed by atoms with Gasteiger partial charge < -0.3 is 15.4 Å². The number of amides is 1. The molecule has 0 aliphatic heterocycles. The van der Waals surface area contributed by atoms with Crippen molar-refractivity contribution in [2.24, 2.45) is 5.92 Å². The van der Waals surface area contributed by atoms with E-state index in [1.54, 1.807) is 29.2 Å². The van der Waals surface area contributed by atoms with Crippen LogP contribution in [0, 0.1) is 5.92 Å². The van der Waals surface area contributed by atoms with E-state index in [0.29, 0.717) is 30.3 Å². The maximum Gasteiger partial charge on any atom is 0.307 e. The zero-order chi connectivity index (χ0) is 15.1. The van der Waals surface area contributed by atoms with Crippen LogP contribution in [0.5, 0.6) is 0 Å². The summed E-state index contributed by atoms with van der Waals surface area (Å²) >= 11 is 0. The first-order chi connectivity index (χ1) is 9.43. The molecular weight excluding hydrogens is 292 g/mol. The second-order valence-corrected chi connectivity index (χ2v) is 5.10. The molecule has 0 aliphatic carbocycles. The van der Waals surface area contributed by atoms with Gasteiger partial charge in [-0.25, -0.2) is 0 Å². The molecule has 0 atom stereocenters. The first-order valence-corrected chi connectivity index (χ1v) is 6.65. The number of esters is 1. The van der Waals surface area contributed by atoms with Crippen LogP contribution in [0.1, 0.15) is 30.6 Å². The molecule has 0 spiro atoms. The molecule has 2 N–H and O–H groups in total. The summed E-state index contributed by atoms with van der Waals surface area (Å²) in [6.45, 7) is 4.98. The van der Waals surface area contributed by atoms with Gasteiger partial charge >= 0.3 is 5.97 Å². The number of hydrogen-bond donors (Lipinski definition) is 1. The Morgan fingerprint density at radius 2 is 2.00 bits per heavy atom. The summed E-state index contributed by atoms with van der Waals surface area (Å²) in [4.78, 5) is 25.3. The van der Waals surface area contributed by atoms with Crippen LogP contribution < -0.4 is 5.73 Å². The molecule has 1 amide bonds. The molecule has 0 unspecified atom stereocenters. The Balaban J connectivity index is 0.00000400. The molecule has 1 rings (SSSR count). The summed E-state index contributed by atoms with van der Waals surface area (Å²) < 4.78 is 4.61. The van der Waals surface area contributed by atoms with Gasteiger partial charge in [0.2, 0.25) is 0 Å². The van der Waals surface area contributed by atoms with Gasteiger partial charge in [0.15, 0.2) is 0 Å². The second-order valence-electron chi connectivity index (χ2n) is 5.10. The highest BCUT2D eigenvalue weighted by molar-refractivity contribution is 5.95. The number of nitrogens with two attached hydrogens (primary N) is 1. The largest absolute Gasteiger partial charge is 0.469 e. The predicted octanol–water partition coefficient (Wildman–Crippen LogP) is 2.35. The zero-order valence-corrected chi connectivity index (χ0v) is 13.5. The average molecular weight is 315 g/mol. The topological polar surface area (TPSA) is 72.6 Å². The molecule has 0 saturated heterocycles. The third kappa shape index (κ3) is 6.49. The number of nitrogens with zero attached hydrogens (tertiary/aromatic N) is 1. The number of carbonyl (C=O) groups is 2. The van der Waals surface area contributed by atoms with E-state index in [-0.39, 0.29) is 30.7 Å². The number of anilines is 1. The van der Waals surface area contributed by atoms with E-state index in [0.717, 1.165) is 0 Å². The van der Waals surface area contributed by atoms with Crippen molar-refractivity contribution in [3.8, 4) is 0 Å². The maximum atomic E-state index is 12.5. The van der Waals surface area contributed by atoms with Crippen molar-refractivity contribution in [1.29, 1.82) is 0 Å². The Morgan fingerprint density at radius 1 is 1.33 bits per heavy atom. The fraction of sp³-hybridized carbons (Fsp3) is 0.467. The maximum absolute atomic E-state index is 12.5. The van der Waals surface area contributed by atoms with E-state index in [9.17, 15) is 9.59 Å². The van der Waals surface area contributed by atoms with Gasteiger partial charge in [-0.2, -0.15) is 0 Å². The Morgan fingerprint density at radius 3 is 2.52 bits per heavy atom. The van der Waals surface area contributed by atoms with Gasteiger partial charge in [-0.05, 0) is 24.1 Å². The minimum absolute atomic E-state index is 0. The van der Waals surface area contributed by atoms with Crippen LogP contribution in [0.25, 0.3) is 0 Å². The summed E-state index contributed by atoms with van der Waals surface area (Å²) in [6.07, 6.45) is 0.192. The highest BCUT2D eigenvalue weighted by Gasteiger charge is 2.18. The lowest BCUT2D eigenvalue weighted by Crippen LogP contribution is -2.36. The van der Waals surface area contributed by atoms with E-state index in [4.69, 9.17) is 5.73 Å². The van der Waals surface area contributed by atoms with Crippen LogP contribution in [0.15, 0.2) is 24.3 Å². The third-order valence-corrected chi connectivity index (χ3v) is 2.82. The number of ether oxygens (including phenoxy) is 1. The van der Waals surface area contributed by atoms with Crippen molar-refractivity contribution in [1.82, 2.24) is 4.90 Å². The molecule has 118 valence electrons. The first-order valence-electron chi connectivity index (χ1n) is 6.65. The molecule has 0 aliphatic rings. The lowest BCUT2D eigenvalue weighted by Gasteiger charge is -2.24. The number of hydrogen-bond acceptors (Lipinski definition) is 4. The summed E-state index contributed by atoms with van der Waals surface area (Å²) in [6, 6.07) is 6.85. The smallest absolute Gasteiger partial charge is 0.307 e. The molecule has 6 heteroatoms. The standard InChI is InChI=1S/C15H22N2O3.ClH/c1-11(2)10-17(8-7-14(18)20-3)15(19)12-5-4-6-13(16)9-12;/h4-6,9,11H,7-8,10,16H2,1-3H3;1H. The highest BCUT2D eigenvalue weighted by Crippen LogP contribution is 2.12. The number of benzene rings is 1. The molecule has 21 heavy (non-hydrogen) atoms. The van der Waals surface area contributed by atoms with Gasteiger partial charge in [0.1, 0.15) is 0 Å². The van der Waals surface area contributed by atoms with Crippen molar-refractivity contribution in [3.05, 3.63) is 29.8 Å². The van der Waals surface area contributed by atoms with Gasteiger partial charge in [0, 0.05) is 24.3 Å². The molecule has 0 heterocycles. The van der Waals surface area contributed by atoms with E-state index >= 15 is 0 Å². The van der Waals surface area contributed by atoms with E-state index < -0.39 is 0 Å². The van der Waals surface area contributed by atoms with Crippen LogP contribution >= 0.6 is 12.4 Å². The van der Waals surface area contributed by atoms with Crippen LogP contribution in [0.2, 0.25) is 0 Å². The van der Waals surface area contributed by atoms with Crippen molar-refractivity contribution in [2.45, 2.75) is 20.3 Å². The number of nitrogen functional groups attached to an aromatic ring is 1. The van der Waals surface area contributed by atoms with E-state index in [2.05, 4.69) is 4.74 Å². The molecule has 0 fully saturated rings. The lowest BCUT2D eigenvalue weighted by molar-refractivity contribution is -0.140. The molecule has 0 aromatic heterocycles. The zero-order valence-electron chi connectivity index (χ0n) is 12.7. The highest BCUT2D eigenvalue weighted by atomic mass is 35.5. The van der Waals surface area contributed by atoms with Gasteiger partial charge in [-0.1, -0.05) is 19.9 Å². The monoisotopic (exact) mass is 314 g/mol. The van der Waals surface area contributed by atoms with Crippen molar-refractivity contribution in [3.63, 3.8) is 0 Å². The van der Waals surface area contributed by atoms with Gasteiger partial charge in [0.25, 0.3) is 5.91 Å². The number of carbonyl (C=O) groups excluding carboxylic acids is 2. The summed E-state index contributed by atoms with van der Waals surface area (Å²) in [5.41, 5.74) is 6.78. The summed E-state index contributed by atoms with van der Waals surface area (Å²) in [5, 5.41) is 0. The van der Waals surface area contributed by atoms with Crippen molar-refractivity contribution < 1.29 is 14.3 Å². The number of methoxy groups -OCH3 is 1. The SMILES string of the molecule is COC(=O)CCN(CC(C)C)C(=O)c1cccc(N)c1.Cl. The first kappa shape index (κ1) is 19.2. The Labute approximate surface area is 131 Å². The lowest BCUT2D eigenvalue weighted by atomic mass is 10.1. The minimum Gasteiger partial charge on any atom is -0.469 e. The Kier molecular flexibility index (Phi) is 8.47. The summed E-state index contributed by atoms with van der Waals surface area (Å²) in [5.74, 6) is -0.119. The molecule has 0 bridgehead atoms. The predicted molar refractivity (Wildman–Crippen MR) is 85.5 cm³/mol. The Hall–Kier alpha value is -1.75. The van der Waals surface area contributed by atoms with Crippen LogP contribution in [0.4, 0.5) is 5.69 Å². The molecule has 0 saturated carbocycles. The summed E-state index contributed by atoms with van der Waals surface area (Å²) in [7, 11) is 1.34. The minimum atomic E-state index is -0.320. The third-order valence-electron chi connectivity index (χ3n) is 2.82. The molecule has 1 aromatic rings. The number of halogens is 1. The van der Waals surface area contributed by atoms with Crippen LogP contribution in [-0.4, -0.2) is 37.0 Å². The quantitative estimate of drug-likeness (QED) is 0.646. The molecule has 1 aromatic carbocycles. The van der Waals surface area contributed by atoms with Gasteiger partial charge in [-0.15, -0.1) is 12.4 Å². The van der Waals surface area contributed by atoms with Crippen LogP contribution in [-0.2, 0) is 9.53 Å². The Bertz CT molecular complexity index is 478. The average Bonchev–Trinajstić information content (AvgIpc) is 2.41. The van der Waals surface area contributed by atoms with Gasteiger partial charge in [-0.3, -0.25) is 9.59 Å². The van der Waals surface area contributed by atoms with Crippen molar-refractivity contribution >= 4 is 30.0 Å². The molecule has 5 nitrogen and oxygen atoms in total. The molecular formula is C15H23ClN2O3. The fourth-order valence-electron chi connectivity index (χ4n) is 1.90. The fourth-order valence-corrected chi connectivity index (χ4v) is 1.90. The van der Waals surface area contributed by atoms with E-state index in [1.807, 2.05) is 13.8 Å². The second kappa shape index (κ2) is 9.23. The van der Waals surface area contributed by atoms with Crippen molar-refractivity contribution in [2.75, 3.05) is 25.9 Å². The molecule has 0 radical (unpaired) electrons. The van der Waals surface area contributed by atoms with Crippen LogP contribution in [0.3, 0.4) is 0 Å². The van der Waals surface area contributed by atoms with E-state index in [1.165, 1.54) is 7.11 Å². The number of rotatable bonds is 6. The van der Waals surface area contributed by atoms with Gasteiger partial charge in [0.05, 0.1) is 13.5 Å². The normalized spacial score (nSPS) is 9.90.